The van der Waals surface area contributed by atoms with E-state index in [1.54, 1.807) is 6.92 Å². The zero-order chi connectivity index (χ0) is 14.4. The molecular formula is C7H7Cl5F3N3. The molecule has 0 aliphatic carbocycles. The highest BCUT2D eigenvalue weighted by Crippen LogP contribution is 2.52. The van der Waals surface area contributed by atoms with E-state index in [0.29, 0.717) is 6.34 Å². The van der Waals surface area contributed by atoms with E-state index in [0.717, 1.165) is 5.01 Å². The second-order valence-corrected chi connectivity index (χ2v) is 7.02. The number of hydrogen-bond acceptors (Lipinski definition) is 3. The number of halogens is 8. The molecule has 0 spiro atoms. The van der Waals surface area contributed by atoms with Gasteiger partial charge >= 0.3 is 6.30 Å². The number of rotatable bonds is 2. The van der Waals surface area contributed by atoms with E-state index in [1.807, 2.05) is 0 Å². The zero-order valence-corrected chi connectivity index (χ0v) is 12.5. The first-order chi connectivity index (χ1) is 7.93. The Hall–Kier alpha value is 0.510. The Balaban J connectivity index is 3.16. The van der Waals surface area contributed by atoms with Crippen LogP contribution in [0.2, 0.25) is 0 Å². The van der Waals surface area contributed by atoms with Crippen molar-refractivity contribution < 1.29 is 13.2 Å². The van der Waals surface area contributed by atoms with Crippen molar-refractivity contribution in [2.24, 2.45) is 5.10 Å². The molecular weight excluding hydrogens is 360 g/mol. The minimum Gasteiger partial charge on any atom is -0.270 e. The first-order valence-corrected chi connectivity index (χ1v) is 6.42. The molecule has 1 heterocycles. The lowest BCUT2D eigenvalue weighted by molar-refractivity contribution is -0.236. The van der Waals surface area contributed by atoms with Crippen LogP contribution in [-0.2, 0) is 0 Å². The fraction of sp³-hybridized carbons (Fsp3) is 0.857. The van der Waals surface area contributed by atoms with E-state index in [2.05, 4.69) is 5.10 Å². The average Bonchev–Trinajstić information content (AvgIpc) is 2.58. The predicted molar refractivity (Wildman–Crippen MR) is 67.3 cm³/mol. The van der Waals surface area contributed by atoms with Crippen LogP contribution in [0.3, 0.4) is 0 Å². The maximum Gasteiger partial charge on any atom is 0.487 e. The van der Waals surface area contributed by atoms with Crippen molar-refractivity contribution in [1.29, 1.82) is 0 Å². The Morgan fingerprint density at radius 3 is 2.00 bits per heavy atom. The lowest BCUT2D eigenvalue weighted by Gasteiger charge is -2.41. The molecule has 0 amide bonds. The van der Waals surface area contributed by atoms with Gasteiger partial charge in [-0.1, -0.05) is 58.0 Å². The molecule has 0 aromatic rings. The van der Waals surface area contributed by atoms with Crippen molar-refractivity contribution in [3.05, 3.63) is 0 Å². The standard InChI is InChI=1S/C7H7Cl5F3N3/c1-2-18-4(5(8,9)6(10,11)12)17(3-16-18)7(13,14)15/h3-4H,2H2,1H3. The van der Waals surface area contributed by atoms with Crippen LogP contribution in [0.5, 0.6) is 0 Å². The second kappa shape index (κ2) is 5.13. The van der Waals surface area contributed by atoms with Crippen LogP contribution in [0.15, 0.2) is 5.10 Å². The zero-order valence-electron chi connectivity index (χ0n) is 8.73. The Morgan fingerprint density at radius 1 is 1.17 bits per heavy atom. The van der Waals surface area contributed by atoms with Gasteiger partial charge in [-0.15, -0.1) is 13.2 Å². The van der Waals surface area contributed by atoms with Gasteiger partial charge in [0.2, 0.25) is 8.13 Å². The first-order valence-electron chi connectivity index (χ1n) is 4.53. The third-order valence-electron chi connectivity index (χ3n) is 2.19. The van der Waals surface area contributed by atoms with Crippen LogP contribution >= 0.6 is 58.0 Å². The largest absolute Gasteiger partial charge is 0.487 e. The van der Waals surface area contributed by atoms with Gasteiger partial charge in [0, 0.05) is 6.54 Å². The molecule has 1 atom stereocenters. The summed E-state index contributed by atoms with van der Waals surface area (Å²) in [7, 11) is 0. The molecule has 11 heteroatoms. The molecule has 1 aliphatic heterocycles. The molecule has 0 aromatic carbocycles. The van der Waals surface area contributed by atoms with Gasteiger partial charge in [-0.2, -0.15) is 5.10 Å². The highest BCUT2D eigenvalue weighted by molar-refractivity contribution is 6.75. The summed E-state index contributed by atoms with van der Waals surface area (Å²) in [6.07, 6.45) is -5.87. The van der Waals surface area contributed by atoms with Gasteiger partial charge < -0.3 is 0 Å². The Kier molecular flexibility index (Phi) is 4.72. The third-order valence-corrected chi connectivity index (χ3v) is 4.62. The molecule has 1 aliphatic rings. The summed E-state index contributed by atoms with van der Waals surface area (Å²) in [5, 5.41) is 4.51. The van der Waals surface area contributed by atoms with Crippen LogP contribution in [0, 0.1) is 0 Å². The minimum absolute atomic E-state index is 0.107. The summed E-state index contributed by atoms with van der Waals surface area (Å²) < 4.78 is 33.7. The normalized spacial score (nSPS) is 21.9. The van der Waals surface area contributed by atoms with E-state index in [-0.39, 0.29) is 11.4 Å². The van der Waals surface area contributed by atoms with Crippen molar-refractivity contribution in [3.8, 4) is 0 Å². The molecule has 0 saturated heterocycles. The summed E-state index contributed by atoms with van der Waals surface area (Å²) in [5.41, 5.74) is 0. The maximum absolute atomic E-state index is 12.8. The summed E-state index contributed by atoms with van der Waals surface area (Å²) >= 11 is 28.2. The number of alkyl halides is 8. The van der Waals surface area contributed by atoms with E-state index in [9.17, 15) is 13.2 Å². The Labute approximate surface area is 126 Å². The summed E-state index contributed by atoms with van der Waals surface area (Å²) in [6, 6.07) is 0. The molecule has 0 aromatic heterocycles. The molecule has 0 fully saturated rings. The average molecular weight is 367 g/mol. The molecule has 1 rings (SSSR count). The molecule has 0 bridgehead atoms. The molecule has 0 saturated carbocycles. The highest BCUT2D eigenvalue weighted by atomic mass is 35.6. The number of hydrogen-bond donors (Lipinski definition) is 0. The fourth-order valence-corrected chi connectivity index (χ4v) is 2.09. The lowest BCUT2D eigenvalue weighted by atomic mass is 10.3. The van der Waals surface area contributed by atoms with Crippen LogP contribution in [0.1, 0.15) is 6.92 Å². The number of hydrazone groups is 1. The van der Waals surface area contributed by atoms with E-state index in [1.165, 1.54) is 0 Å². The monoisotopic (exact) mass is 365 g/mol. The van der Waals surface area contributed by atoms with Crippen molar-refractivity contribution in [2.45, 2.75) is 27.5 Å². The van der Waals surface area contributed by atoms with E-state index < -0.39 is 20.6 Å². The van der Waals surface area contributed by atoms with Crippen molar-refractivity contribution in [3.63, 3.8) is 0 Å². The topological polar surface area (TPSA) is 18.8 Å². The minimum atomic E-state index is -4.75. The number of nitrogens with zero attached hydrogens (tertiary/aromatic N) is 3. The molecule has 3 nitrogen and oxygen atoms in total. The quantitative estimate of drug-likeness (QED) is 0.544. The summed E-state index contributed by atoms with van der Waals surface area (Å²) in [4.78, 5) is -0.113. The highest BCUT2D eigenvalue weighted by Gasteiger charge is 2.61. The smallest absolute Gasteiger partial charge is 0.270 e. The van der Waals surface area contributed by atoms with Gasteiger partial charge in [0.1, 0.15) is 6.34 Å². The lowest BCUT2D eigenvalue weighted by Crippen LogP contribution is -2.60. The van der Waals surface area contributed by atoms with Crippen molar-refractivity contribution in [1.82, 2.24) is 9.91 Å². The van der Waals surface area contributed by atoms with Gasteiger partial charge in [0.25, 0.3) is 0 Å². The maximum atomic E-state index is 12.8. The molecule has 18 heavy (non-hydrogen) atoms. The van der Waals surface area contributed by atoms with Crippen LogP contribution in [0.4, 0.5) is 13.2 Å². The molecule has 106 valence electrons. The van der Waals surface area contributed by atoms with Gasteiger partial charge in [-0.3, -0.25) is 5.01 Å². The Bertz CT molecular complexity index is 340. The van der Waals surface area contributed by atoms with E-state index in [4.69, 9.17) is 58.0 Å². The Morgan fingerprint density at radius 2 is 1.67 bits per heavy atom. The summed E-state index contributed by atoms with van der Waals surface area (Å²) in [5.74, 6) is 0. The first kappa shape index (κ1) is 16.6. The SMILES string of the molecule is CCN1N=CN(C(F)(F)F)C1C(Cl)(Cl)C(Cl)(Cl)Cl. The van der Waals surface area contributed by atoms with Crippen LogP contribution in [0.25, 0.3) is 0 Å². The van der Waals surface area contributed by atoms with Gasteiger partial charge in [-0.05, 0) is 6.92 Å². The second-order valence-electron chi connectivity index (χ2n) is 3.36. The van der Waals surface area contributed by atoms with Gasteiger partial charge in [-0.25, -0.2) is 4.90 Å². The van der Waals surface area contributed by atoms with Crippen LogP contribution < -0.4 is 0 Å². The fourth-order valence-electron chi connectivity index (χ4n) is 1.36. The summed E-state index contributed by atoms with van der Waals surface area (Å²) in [6.45, 7) is 1.67. The van der Waals surface area contributed by atoms with Crippen LogP contribution in [-0.4, -0.2) is 43.4 Å². The van der Waals surface area contributed by atoms with Crippen molar-refractivity contribution >= 4 is 64.3 Å². The van der Waals surface area contributed by atoms with E-state index >= 15 is 0 Å². The molecule has 1 unspecified atom stereocenters. The third kappa shape index (κ3) is 2.98. The predicted octanol–water partition coefficient (Wildman–Crippen LogP) is 3.96. The van der Waals surface area contributed by atoms with Crippen molar-refractivity contribution in [2.75, 3.05) is 6.54 Å². The van der Waals surface area contributed by atoms with Gasteiger partial charge in [0.05, 0.1) is 0 Å². The molecule has 0 radical (unpaired) electrons. The molecule has 0 N–H and O–H groups in total. The van der Waals surface area contributed by atoms with Gasteiger partial charge in [0.15, 0.2) is 6.17 Å².